The van der Waals surface area contributed by atoms with E-state index >= 15 is 4.39 Å². The number of carbonyl (C=O) groups excluding carboxylic acids is 1. The summed E-state index contributed by atoms with van der Waals surface area (Å²) in [6.07, 6.45) is -2.51. The first-order valence-electron chi connectivity index (χ1n) is 15.5. The molecule has 242 valence electrons. The summed E-state index contributed by atoms with van der Waals surface area (Å²) in [6.45, 7) is 12.4. The van der Waals surface area contributed by atoms with Gasteiger partial charge in [-0.25, -0.2) is 9.37 Å². The number of ether oxygens (including phenoxy) is 1. The lowest BCUT2D eigenvalue weighted by molar-refractivity contribution is -0.141. The van der Waals surface area contributed by atoms with E-state index in [1.807, 2.05) is 52.5 Å². The monoisotopic (exact) mass is 630 g/mol. The number of anilines is 1. The number of hydrogen-bond acceptors (Lipinski definition) is 7. The Morgan fingerprint density at radius 1 is 1.09 bits per heavy atom. The molecule has 45 heavy (non-hydrogen) atoms. The number of amides is 1. The molecule has 1 aliphatic carbocycles. The molecule has 0 bridgehead atoms. The predicted octanol–water partition coefficient (Wildman–Crippen LogP) is 5.26. The highest BCUT2D eigenvalue weighted by Crippen LogP contribution is 2.43. The number of aliphatic imine (C=N–C) groups is 1. The van der Waals surface area contributed by atoms with Crippen LogP contribution in [-0.4, -0.2) is 59.8 Å². The van der Waals surface area contributed by atoms with Gasteiger partial charge in [0.15, 0.2) is 0 Å². The Kier molecular flexibility index (Phi) is 7.84. The molecule has 2 aromatic rings. The summed E-state index contributed by atoms with van der Waals surface area (Å²) in [5.74, 6) is -0.548. The van der Waals surface area contributed by atoms with Crippen LogP contribution in [0, 0.1) is 5.82 Å². The number of pyridine rings is 1. The summed E-state index contributed by atoms with van der Waals surface area (Å²) < 4.78 is 74.2. The first kappa shape index (κ1) is 31.9. The van der Waals surface area contributed by atoms with Crippen LogP contribution in [0.4, 0.5) is 23.2 Å². The van der Waals surface area contributed by atoms with Crippen LogP contribution in [0.15, 0.2) is 29.3 Å². The fourth-order valence-corrected chi connectivity index (χ4v) is 6.03. The van der Waals surface area contributed by atoms with E-state index in [0.29, 0.717) is 53.9 Å². The molecule has 8 nitrogen and oxygen atoms in total. The van der Waals surface area contributed by atoms with Crippen LogP contribution in [0.25, 0.3) is 0 Å². The third kappa shape index (κ3) is 5.99. The van der Waals surface area contributed by atoms with Gasteiger partial charge in [0.25, 0.3) is 5.91 Å². The molecule has 1 spiro atoms. The highest BCUT2D eigenvalue weighted by molar-refractivity contribution is 6.62. The number of amidine groups is 1. The number of alkyl halides is 3. The lowest BCUT2D eigenvalue weighted by Gasteiger charge is -2.38. The third-order valence-electron chi connectivity index (χ3n) is 9.63. The average Bonchev–Trinajstić information content (AvgIpc) is 3.71. The number of hydrogen-bond donors (Lipinski definition) is 1. The van der Waals surface area contributed by atoms with Crippen molar-refractivity contribution < 1.29 is 36.4 Å². The lowest BCUT2D eigenvalue weighted by Crippen LogP contribution is -2.49. The summed E-state index contributed by atoms with van der Waals surface area (Å²) in [7, 11) is -0.759. The minimum absolute atomic E-state index is 0.0672. The van der Waals surface area contributed by atoms with Crippen LogP contribution >= 0.6 is 0 Å². The third-order valence-corrected chi connectivity index (χ3v) is 9.63. The van der Waals surface area contributed by atoms with Crippen LogP contribution in [0.1, 0.15) is 95.7 Å². The van der Waals surface area contributed by atoms with E-state index in [-0.39, 0.29) is 30.4 Å². The van der Waals surface area contributed by atoms with Gasteiger partial charge in [0, 0.05) is 35.8 Å². The van der Waals surface area contributed by atoms with E-state index in [0.717, 1.165) is 18.9 Å². The zero-order valence-electron chi connectivity index (χ0n) is 26.5. The molecule has 0 radical (unpaired) electrons. The second-order valence-electron chi connectivity index (χ2n) is 13.8. The maximum absolute atomic E-state index is 15.8. The number of benzene rings is 1. The smallest absolute Gasteiger partial charge is 0.399 e. The van der Waals surface area contributed by atoms with Crippen LogP contribution in [0.3, 0.4) is 0 Å². The highest BCUT2D eigenvalue weighted by atomic mass is 19.4. The summed E-state index contributed by atoms with van der Waals surface area (Å²) in [6, 6.07) is 5.61. The molecule has 0 unspecified atom stereocenters. The van der Waals surface area contributed by atoms with Crippen molar-refractivity contribution in [3.63, 3.8) is 0 Å². The van der Waals surface area contributed by atoms with Crippen LogP contribution < -0.4 is 15.7 Å². The SMILES string of the molecule is CC(C)OCc1c(F)cc(B2OC(C)(C)C(C)(C)O2)cc1N1CCC2(CC1)N=C(c1ccc(C(F)(F)F)nc1C1CC1)NC2=O. The topological polar surface area (TPSA) is 85.3 Å². The van der Waals surface area contributed by atoms with Crippen molar-refractivity contribution in [1.82, 2.24) is 10.3 Å². The summed E-state index contributed by atoms with van der Waals surface area (Å²) in [5, 5.41) is 2.84. The van der Waals surface area contributed by atoms with Gasteiger partial charge >= 0.3 is 13.3 Å². The largest absolute Gasteiger partial charge is 0.495 e. The average molecular weight is 630 g/mol. The Hall–Kier alpha value is -3.03. The Bertz CT molecular complexity index is 1520. The molecule has 3 aliphatic heterocycles. The van der Waals surface area contributed by atoms with Gasteiger partial charge in [0.1, 0.15) is 22.9 Å². The predicted molar refractivity (Wildman–Crippen MR) is 162 cm³/mol. The van der Waals surface area contributed by atoms with Gasteiger partial charge in [-0.15, -0.1) is 0 Å². The van der Waals surface area contributed by atoms with E-state index in [9.17, 15) is 18.0 Å². The molecule has 3 fully saturated rings. The van der Waals surface area contributed by atoms with E-state index in [1.165, 1.54) is 12.1 Å². The maximum atomic E-state index is 15.8. The molecule has 13 heteroatoms. The molecule has 4 heterocycles. The maximum Gasteiger partial charge on any atom is 0.495 e. The van der Waals surface area contributed by atoms with E-state index < -0.39 is 41.5 Å². The van der Waals surface area contributed by atoms with Gasteiger partial charge in [-0.3, -0.25) is 9.79 Å². The number of carbonyl (C=O) groups is 1. The molecule has 1 N–H and O–H groups in total. The van der Waals surface area contributed by atoms with Gasteiger partial charge in [0.2, 0.25) is 0 Å². The molecule has 1 amide bonds. The molecule has 1 aromatic heterocycles. The zero-order valence-corrected chi connectivity index (χ0v) is 26.5. The first-order chi connectivity index (χ1) is 21.0. The Balaban J connectivity index is 1.28. The number of rotatable bonds is 7. The lowest BCUT2D eigenvalue weighted by atomic mass is 9.78. The van der Waals surface area contributed by atoms with Crippen LogP contribution in [0.2, 0.25) is 0 Å². The fraction of sp³-hybridized carbons (Fsp3) is 0.594. The minimum atomic E-state index is -4.56. The Labute approximate surface area is 261 Å². The highest BCUT2D eigenvalue weighted by Gasteiger charge is 2.52. The van der Waals surface area contributed by atoms with E-state index in [4.69, 9.17) is 19.0 Å². The van der Waals surface area contributed by atoms with Gasteiger partial charge < -0.3 is 24.3 Å². The van der Waals surface area contributed by atoms with Gasteiger partial charge in [0.05, 0.1) is 29.6 Å². The molecule has 6 rings (SSSR count). The zero-order chi connectivity index (χ0) is 32.5. The summed E-state index contributed by atoms with van der Waals surface area (Å²) in [4.78, 5) is 24.2. The second-order valence-corrected chi connectivity index (χ2v) is 13.8. The molecular formula is C32H39BF4N4O4. The van der Waals surface area contributed by atoms with Gasteiger partial charge in [-0.05, 0) is 97.0 Å². The number of nitrogens with zero attached hydrogens (tertiary/aromatic N) is 3. The second kappa shape index (κ2) is 11.1. The molecular weight excluding hydrogens is 591 g/mol. The number of piperidine rings is 1. The standard InChI is InChI=1S/C32H39BF4N4O4/c1-18(2)43-17-22-23(34)15-20(33-44-29(3,4)30(5,6)45-33)16-24(22)41-13-11-31(12-14-41)28(42)39-27(40-31)21-9-10-25(32(35,36)37)38-26(21)19-7-8-19/h9-10,15-16,18-19H,7-8,11-14,17H2,1-6H3,(H,39,40,42). The van der Waals surface area contributed by atoms with Crippen molar-refractivity contribution in [2.45, 2.75) is 109 Å². The van der Waals surface area contributed by atoms with Crippen molar-refractivity contribution in [2.75, 3.05) is 18.0 Å². The molecule has 4 aliphatic rings. The molecule has 0 atom stereocenters. The van der Waals surface area contributed by atoms with Crippen LogP contribution in [-0.2, 0) is 31.6 Å². The van der Waals surface area contributed by atoms with Crippen LogP contribution in [0.5, 0.6) is 0 Å². The fourth-order valence-electron chi connectivity index (χ4n) is 6.03. The number of nitrogens with one attached hydrogen (secondary N) is 1. The molecule has 1 aromatic carbocycles. The normalized spacial score (nSPS) is 22.4. The van der Waals surface area contributed by atoms with Crippen molar-refractivity contribution in [1.29, 1.82) is 0 Å². The van der Waals surface area contributed by atoms with Crippen molar-refractivity contribution in [2.24, 2.45) is 4.99 Å². The van der Waals surface area contributed by atoms with Crippen molar-refractivity contribution in [3.8, 4) is 0 Å². The van der Waals surface area contributed by atoms with E-state index in [2.05, 4.69) is 10.3 Å². The number of aromatic nitrogens is 1. The Morgan fingerprint density at radius 3 is 2.31 bits per heavy atom. The van der Waals surface area contributed by atoms with Crippen molar-refractivity contribution in [3.05, 3.63) is 52.6 Å². The quantitative estimate of drug-likeness (QED) is 0.332. The number of halogens is 4. The van der Waals surface area contributed by atoms with Gasteiger partial charge in [-0.2, -0.15) is 13.2 Å². The molecule has 2 saturated heterocycles. The molecule has 1 saturated carbocycles. The van der Waals surface area contributed by atoms with Crippen molar-refractivity contribution >= 4 is 30.0 Å². The summed E-state index contributed by atoms with van der Waals surface area (Å²) in [5.41, 5.74) is -0.870. The first-order valence-corrected chi connectivity index (χ1v) is 15.5. The van der Waals surface area contributed by atoms with E-state index in [1.54, 1.807) is 0 Å². The summed E-state index contributed by atoms with van der Waals surface area (Å²) >= 11 is 0. The minimum Gasteiger partial charge on any atom is -0.399 e. The Morgan fingerprint density at radius 2 is 1.73 bits per heavy atom. The van der Waals surface area contributed by atoms with Gasteiger partial charge in [-0.1, -0.05) is 0 Å².